The average molecular weight is 264 g/mol. The molecule has 3 atom stereocenters. The molecule has 0 radical (unpaired) electrons. The van der Waals surface area contributed by atoms with Gasteiger partial charge in [-0.05, 0) is 5.56 Å². The summed E-state index contributed by atoms with van der Waals surface area (Å²) in [5.74, 6) is -2.20. The first-order valence-corrected chi connectivity index (χ1v) is 6.01. The molecule has 0 aliphatic carbocycles. The van der Waals surface area contributed by atoms with E-state index in [1.54, 1.807) is 0 Å². The van der Waals surface area contributed by atoms with Crippen molar-refractivity contribution in [3.63, 3.8) is 0 Å². The zero-order valence-corrected chi connectivity index (χ0v) is 10.9. The fraction of sp³-hybridized carbons (Fsp3) is 0.429. The summed E-state index contributed by atoms with van der Waals surface area (Å²) in [4.78, 5) is 23.6. The quantitative estimate of drug-likeness (QED) is 0.771. The molecule has 1 aliphatic heterocycles. The predicted molar refractivity (Wildman–Crippen MR) is 66.1 cm³/mol. The Labute approximate surface area is 111 Å². The maximum atomic E-state index is 11.9. The number of carbonyl (C=O) groups excluding carboxylic acids is 2. The second-order valence-corrected chi connectivity index (χ2v) is 4.34. The van der Waals surface area contributed by atoms with Crippen molar-refractivity contribution in [1.29, 1.82) is 0 Å². The third-order valence-corrected chi connectivity index (χ3v) is 3.32. The van der Waals surface area contributed by atoms with E-state index in [9.17, 15) is 9.59 Å². The van der Waals surface area contributed by atoms with Gasteiger partial charge in [0.1, 0.15) is 5.92 Å². The van der Waals surface area contributed by atoms with Crippen molar-refractivity contribution in [2.45, 2.75) is 6.10 Å². The van der Waals surface area contributed by atoms with Crippen LogP contribution in [-0.4, -0.2) is 32.8 Å². The van der Waals surface area contributed by atoms with Crippen LogP contribution in [0.3, 0.4) is 0 Å². The monoisotopic (exact) mass is 264 g/mol. The Morgan fingerprint density at radius 3 is 2.32 bits per heavy atom. The molecule has 0 spiro atoms. The molecule has 1 aliphatic rings. The van der Waals surface area contributed by atoms with Crippen LogP contribution in [0.5, 0.6) is 0 Å². The third-order valence-electron chi connectivity index (χ3n) is 3.32. The van der Waals surface area contributed by atoms with Gasteiger partial charge in [0.25, 0.3) is 0 Å². The van der Waals surface area contributed by atoms with Crippen molar-refractivity contribution >= 4 is 11.9 Å². The van der Waals surface area contributed by atoms with E-state index < -0.39 is 29.9 Å². The molecule has 2 rings (SSSR count). The lowest BCUT2D eigenvalue weighted by Gasteiger charge is -2.19. The van der Waals surface area contributed by atoms with Crippen molar-refractivity contribution in [1.82, 2.24) is 0 Å². The molecule has 1 fully saturated rings. The van der Waals surface area contributed by atoms with Gasteiger partial charge >= 0.3 is 11.9 Å². The predicted octanol–water partition coefficient (Wildman–Crippen LogP) is 1.34. The zero-order chi connectivity index (χ0) is 13.8. The summed E-state index contributed by atoms with van der Waals surface area (Å²) in [5.41, 5.74) is 0.851. The van der Waals surface area contributed by atoms with Gasteiger partial charge in [0.2, 0.25) is 0 Å². The number of hydrogen-bond donors (Lipinski definition) is 0. The number of ether oxygens (including phenoxy) is 3. The first-order chi connectivity index (χ1) is 9.19. The highest BCUT2D eigenvalue weighted by Crippen LogP contribution is 2.39. The molecule has 0 bridgehead atoms. The van der Waals surface area contributed by atoms with E-state index >= 15 is 0 Å². The highest BCUT2D eigenvalue weighted by atomic mass is 16.5. The summed E-state index contributed by atoms with van der Waals surface area (Å²) in [5, 5.41) is 0. The fourth-order valence-corrected chi connectivity index (χ4v) is 2.36. The smallest absolute Gasteiger partial charge is 0.312 e. The Kier molecular flexibility index (Phi) is 4.16. The van der Waals surface area contributed by atoms with Crippen molar-refractivity contribution < 1.29 is 23.8 Å². The van der Waals surface area contributed by atoms with Crippen molar-refractivity contribution in [2.24, 2.45) is 11.8 Å². The number of hydrogen-bond acceptors (Lipinski definition) is 5. The highest BCUT2D eigenvalue weighted by Gasteiger charge is 2.47. The summed E-state index contributed by atoms with van der Waals surface area (Å²) in [6.45, 7) is 0.159. The first kappa shape index (κ1) is 13.5. The number of carbonyl (C=O) groups is 2. The second-order valence-electron chi connectivity index (χ2n) is 4.34. The van der Waals surface area contributed by atoms with Crippen LogP contribution < -0.4 is 0 Å². The standard InChI is InChI=1S/C14H16O5/c1-17-13(15)10-8-19-12(11(10)14(16)18-2)9-6-4-3-5-7-9/h3-7,10-12H,8H2,1-2H3/t10-,11-,12-/m1/s1. The molecule has 19 heavy (non-hydrogen) atoms. The summed E-state index contributed by atoms with van der Waals surface area (Å²) in [6.07, 6.45) is -0.474. The van der Waals surface area contributed by atoms with Crippen LogP contribution in [0, 0.1) is 11.8 Å². The maximum absolute atomic E-state index is 11.9. The highest BCUT2D eigenvalue weighted by molar-refractivity contribution is 5.83. The molecule has 1 saturated heterocycles. The minimum absolute atomic E-state index is 0.159. The minimum Gasteiger partial charge on any atom is -0.469 e. The van der Waals surface area contributed by atoms with E-state index in [1.807, 2.05) is 30.3 Å². The summed E-state index contributed by atoms with van der Waals surface area (Å²) in [6, 6.07) is 9.32. The van der Waals surface area contributed by atoms with E-state index in [2.05, 4.69) is 0 Å². The first-order valence-electron chi connectivity index (χ1n) is 6.01. The molecule has 1 aromatic rings. The normalized spacial score (nSPS) is 25.9. The lowest BCUT2D eigenvalue weighted by Crippen LogP contribution is -2.31. The Hall–Kier alpha value is -1.88. The molecule has 0 aromatic heterocycles. The SMILES string of the molecule is COC(=O)[C@H]1[C@@H](c2ccccc2)OC[C@H]1C(=O)OC. The molecule has 102 valence electrons. The Morgan fingerprint density at radius 2 is 1.74 bits per heavy atom. The lowest BCUT2D eigenvalue weighted by atomic mass is 9.87. The number of esters is 2. The molecule has 0 saturated carbocycles. The van der Waals surface area contributed by atoms with Crippen LogP contribution in [0.25, 0.3) is 0 Å². The Balaban J connectivity index is 2.29. The number of methoxy groups -OCH3 is 2. The molecule has 0 amide bonds. The van der Waals surface area contributed by atoms with Crippen molar-refractivity contribution in [3.8, 4) is 0 Å². The summed E-state index contributed by atoms with van der Waals surface area (Å²) in [7, 11) is 2.60. The van der Waals surface area contributed by atoms with E-state index in [-0.39, 0.29) is 6.61 Å². The van der Waals surface area contributed by atoms with Gasteiger partial charge in [-0.3, -0.25) is 9.59 Å². The molecule has 5 nitrogen and oxygen atoms in total. The van der Waals surface area contributed by atoms with Gasteiger partial charge in [-0.15, -0.1) is 0 Å². The van der Waals surface area contributed by atoms with Crippen LogP contribution >= 0.6 is 0 Å². The van der Waals surface area contributed by atoms with Gasteiger partial charge in [-0.25, -0.2) is 0 Å². The van der Waals surface area contributed by atoms with Crippen LogP contribution in [0.4, 0.5) is 0 Å². The Morgan fingerprint density at radius 1 is 1.11 bits per heavy atom. The van der Waals surface area contributed by atoms with Crippen LogP contribution in [-0.2, 0) is 23.8 Å². The van der Waals surface area contributed by atoms with Gasteiger partial charge in [-0.2, -0.15) is 0 Å². The van der Waals surface area contributed by atoms with Gasteiger partial charge < -0.3 is 14.2 Å². The maximum Gasteiger partial charge on any atom is 0.312 e. The molecule has 0 N–H and O–H groups in total. The number of benzene rings is 1. The van der Waals surface area contributed by atoms with Crippen LogP contribution in [0.15, 0.2) is 30.3 Å². The number of rotatable bonds is 3. The van der Waals surface area contributed by atoms with Crippen LogP contribution in [0.2, 0.25) is 0 Å². The largest absolute Gasteiger partial charge is 0.469 e. The minimum atomic E-state index is -0.667. The molecule has 1 aromatic carbocycles. The zero-order valence-electron chi connectivity index (χ0n) is 10.9. The van der Waals surface area contributed by atoms with Gasteiger partial charge in [-0.1, -0.05) is 30.3 Å². The van der Waals surface area contributed by atoms with E-state index in [0.29, 0.717) is 0 Å². The molecule has 5 heteroatoms. The average Bonchev–Trinajstić information content (AvgIpc) is 2.91. The molecule has 1 heterocycles. The van der Waals surface area contributed by atoms with Crippen LogP contribution in [0.1, 0.15) is 11.7 Å². The summed E-state index contributed by atoms with van der Waals surface area (Å²) >= 11 is 0. The van der Waals surface area contributed by atoms with Gasteiger partial charge in [0.05, 0.1) is 32.8 Å². The van der Waals surface area contributed by atoms with E-state index in [0.717, 1.165) is 5.56 Å². The summed E-state index contributed by atoms with van der Waals surface area (Å²) < 4.78 is 15.1. The van der Waals surface area contributed by atoms with Crippen molar-refractivity contribution in [3.05, 3.63) is 35.9 Å². The van der Waals surface area contributed by atoms with Gasteiger partial charge in [0.15, 0.2) is 0 Å². The Bertz CT molecular complexity index is 456. The van der Waals surface area contributed by atoms with E-state index in [1.165, 1.54) is 14.2 Å². The molecular formula is C14H16O5. The molecular weight excluding hydrogens is 248 g/mol. The second kappa shape index (κ2) is 5.84. The lowest BCUT2D eigenvalue weighted by molar-refractivity contribution is -0.156. The molecule has 0 unspecified atom stereocenters. The van der Waals surface area contributed by atoms with E-state index in [4.69, 9.17) is 14.2 Å². The third kappa shape index (κ3) is 2.61. The van der Waals surface area contributed by atoms with Gasteiger partial charge in [0, 0.05) is 0 Å². The topological polar surface area (TPSA) is 61.8 Å². The fourth-order valence-electron chi connectivity index (χ4n) is 2.36. The van der Waals surface area contributed by atoms with Crippen molar-refractivity contribution in [2.75, 3.05) is 20.8 Å².